The topological polar surface area (TPSA) is 83.0 Å². The fraction of sp³-hybridized carbons (Fsp3) is 0.480. The third-order valence-corrected chi connectivity index (χ3v) is 8.94. The SMILES string of the molecule is COc1ccc(CNC2=NCCNC23CCN(S(=O)(=O)c2cc(C)c(C)cc2C)CC3)cc1. The predicted octanol–water partition coefficient (Wildman–Crippen LogP) is 2.94. The Hall–Kier alpha value is -2.42. The molecule has 33 heavy (non-hydrogen) atoms. The van der Waals surface area contributed by atoms with Gasteiger partial charge in [0.25, 0.3) is 0 Å². The smallest absolute Gasteiger partial charge is 0.243 e. The molecule has 4 rings (SSSR count). The first-order valence-electron chi connectivity index (χ1n) is 11.5. The molecule has 8 heteroatoms. The molecule has 0 aromatic heterocycles. The van der Waals surface area contributed by atoms with E-state index in [0.29, 0.717) is 37.4 Å². The monoisotopic (exact) mass is 470 g/mol. The van der Waals surface area contributed by atoms with Crippen LogP contribution in [-0.4, -0.2) is 57.4 Å². The van der Waals surface area contributed by atoms with Gasteiger partial charge in [0.05, 0.1) is 24.1 Å². The lowest BCUT2D eigenvalue weighted by molar-refractivity contribution is 0.241. The highest BCUT2D eigenvalue weighted by molar-refractivity contribution is 7.89. The Balaban J connectivity index is 1.46. The van der Waals surface area contributed by atoms with Crippen molar-refractivity contribution in [1.82, 2.24) is 14.9 Å². The number of sulfonamides is 1. The van der Waals surface area contributed by atoms with Crippen LogP contribution in [0, 0.1) is 20.8 Å². The third-order valence-electron chi connectivity index (χ3n) is 6.90. The lowest BCUT2D eigenvalue weighted by atomic mass is 9.85. The summed E-state index contributed by atoms with van der Waals surface area (Å²) < 4.78 is 33.7. The standard InChI is InChI=1S/C25H34N4O3S/c1-18-15-20(3)23(16-19(18)2)33(30,31)29-13-9-25(10-14-29)24(26-11-12-28-25)27-17-21-5-7-22(32-4)8-6-21/h5-8,15-16,28H,9-14,17H2,1-4H3,(H,26,27). The highest BCUT2D eigenvalue weighted by Gasteiger charge is 2.43. The average Bonchev–Trinajstić information content (AvgIpc) is 2.81. The van der Waals surface area contributed by atoms with Crippen LogP contribution < -0.4 is 15.4 Å². The summed E-state index contributed by atoms with van der Waals surface area (Å²) in [6, 6.07) is 11.8. The van der Waals surface area contributed by atoms with Gasteiger partial charge in [-0.2, -0.15) is 4.31 Å². The molecule has 0 radical (unpaired) electrons. The summed E-state index contributed by atoms with van der Waals surface area (Å²) in [6.07, 6.45) is 1.37. The molecular formula is C25H34N4O3S. The van der Waals surface area contributed by atoms with Gasteiger partial charge in [-0.05, 0) is 74.1 Å². The summed E-state index contributed by atoms with van der Waals surface area (Å²) in [5.41, 5.74) is 3.75. The normalized spacial score (nSPS) is 18.7. The fourth-order valence-corrected chi connectivity index (χ4v) is 6.46. The van der Waals surface area contributed by atoms with E-state index in [2.05, 4.69) is 10.6 Å². The first-order chi connectivity index (χ1) is 15.7. The maximum atomic E-state index is 13.4. The van der Waals surface area contributed by atoms with E-state index in [0.717, 1.165) is 46.9 Å². The molecule has 0 amide bonds. The minimum Gasteiger partial charge on any atom is -0.497 e. The van der Waals surface area contributed by atoms with E-state index in [-0.39, 0.29) is 5.54 Å². The Labute approximate surface area is 197 Å². The van der Waals surface area contributed by atoms with Crippen LogP contribution in [0.5, 0.6) is 5.75 Å². The maximum Gasteiger partial charge on any atom is 0.243 e. The molecule has 1 saturated heterocycles. The zero-order chi connectivity index (χ0) is 23.6. The van der Waals surface area contributed by atoms with E-state index >= 15 is 0 Å². The van der Waals surface area contributed by atoms with Crippen LogP contribution in [0.4, 0.5) is 0 Å². The number of nitrogens with one attached hydrogen (secondary N) is 2. The summed E-state index contributed by atoms with van der Waals surface area (Å²) in [6.45, 7) is 8.96. The Kier molecular flexibility index (Phi) is 6.79. The maximum absolute atomic E-state index is 13.4. The van der Waals surface area contributed by atoms with E-state index in [4.69, 9.17) is 9.73 Å². The lowest BCUT2D eigenvalue weighted by Gasteiger charge is -2.44. The number of rotatable bonds is 5. The van der Waals surface area contributed by atoms with Crippen molar-refractivity contribution in [1.29, 1.82) is 0 Å². The molecule has 1 fully saturated rings. The van der Waals surface area contributed by atoms with Crippen LogP contribution in [0.2, 0.25) is 0 Å². The Morgan fingerprint density at radius 1 is 1.06 bits per heavy atom. The van der Waals surface area contributed by atoms with Gasteiger partial charge in [-0.15, -0.1) is 0 Å². The van der Waals surface area contributed by atoms with Crippen molar-refractivity contribution in [3.05, 3.63) is 58.7 Å². The van der Waals surface area contributed by atoms with Crippen molar-refractivity contribution in [2.45, 2.75) is 50.6 Å². The summed E-state index contributed by atoms with van der Waals surface area (Å²) >= 11 is 0. The quantitative estimate of drug-likeness (QED) is 0.702. The third kappa shape index (κ3) is 4.78. The van der Waals surface area contributed by atoms with Crippen LogP contribution in [0.15, 0.2) is 46.3 Å². The molecule has 2 N–H and O–H groups in total. The van der Waals surface area contributed by atoms with Gasteiger partial charge in [0.2, 0.25) is 10.0 Å². The van der Waals surface area contributed by atoms with Crippen LogP contribution in [-0.2, 0) is 16.6 Å². The zero-order valence-electron chi connectivity index (χ0n) is 19.9. The van der Waals surface area contributed by atoms with Crippen LogP contribution in [0.3, 0.4) is 0 Å². The molecule has 0 saturated carbocycles. The minimum absolute atomic E-state index is 0.311. The fourth-order valence-electron chi connectivity index (χ4n) is 4.73. The molecule has 7 nitrogen and oxygen atoms in total. The number of aryl methyl sites for hydroxylation is 3. The summed E-state index contributed by atoms with van der Waals surface area (Å²) in [7, 11) is -1.87. The molecule has 178 valence electrons. The van der Waals surface area contributed by atoms with Gasteiger partial charge in [-0.1, -0.05) is 18.2 Å². The molecule has 0 aliphatic carbocycles. The second-order valence-electron chi connectivity index (χ2n) is 9.05. The molecule has 2 aromatic rings. The lowest BCUT2D eigenvalue weighted by Crippen LogP contribution is -2.64. The molecule has 2 heterocycles. The van der Waals surface area contributed by atoms with Crippen molar-refractivity contribution in [2.75, 3.05) is 33.3 Å². The van der Waals surface area contributed by atoms with E-state index in [1.54, 1.807) is 11.4 Å². The molecule has 2 aliphatic heterocycles. The number of ether oxygens (including phenoxy) is 1. The molecule has 0 atom stereocenters. The molecule has 0 bridgehead atoms. The van der Waals surface area contributed by atoms with E-state index in [1.807, 2.05) is 57.2 Å². The second-order valence-corrected chi connectivity index (χ2v) is 11.0. The van der Waals surface area contributed by atoms with Gasteiger partial charge in [0.1, 0.15) is 11.6 Å². The van der Waals surface area contributed by atoms with Crippen LogP contribution in [0.1, 0.15) is 35.1 Å². The number of nitrogens with zero attached hydrogens (tertiary/aromatic N) is 2. The van der Waals surface area contributed by atoms with Gasteiger partial charge < -0.3 is 15.4 Å². The number of hydrogen-bond acceptors (Lipinski definition) is 6. The van der Waals surface area contributed by atoms with E-state index < -0.39 is 10.0 Å². The first-order valence-corrected chi connectivity index (χ1v) is 12.9. The van der Waals surface area contributed by atoms with Crippen molar-refractivity contribution >= 4 is 15.9 Å². The first kappa shape index (κ1) is 23.7. The largest absolute Gasteiger partial charge is 0.497 e. The van der Waals surface area contributed by atoms with Gasteiger partial charge in [-0.25, -0.2) is 8.42 Å². The Bertz CT molecular complexity index is 1130. The Morgan fingerprint density at radius 3 is 2.39 bits per heavy atom. The second kappa shape index (κ2) is 9.44. The van der Waals surface area contributed by atoms with E-state index in [1.165, 1.54) is 0 Å². The molecular weight excluding hydrogens is 436 g/mol. The van der Waals surface area contributed by atoms with Gasteiger partial charge in [-0.3, -0.25) is 4.99 Å². The van der Waals surface area contributed by atoms with Crippen LogP contribution in [0.25, 0.3) is 0 Å². The van der Waals surface area contributed by atoms with Gasteiger partial charge in [0, 0.05) is 26.2 Å². The highest BCUT2D eigenvalue weighted by Crippen LogP contribution is 2.31. The average molecular weight is 471 g/mol. The highest BCUT2D eigenvalue weighted by atomic mass is 32.2. The van der Waals surface area contributed by atoms with Crippen molar-refractivity contribution in [3.63, 3.8) is 0 Å². The van der Waals surface area contributed by atoms with Gasteiger partial charge in [0.15, 0.2) is 0 Å². The number of amidine groups is 1. The molecule has 1 spiro atoms. The Morgan fingerprint density at radius 2 is 1.73 bits per heavy atom. The number of piperidine rings is 1. The van der Waals surface area contributed by atoms with Crippen molar-refractivity contribution < 1.29 is 13.2 Å². The summed E-state index contributed by atoms with van der Waals surface area (Å²) in [4.78, 5) is 5.21. The van der Waals surface area contributed by atoms with Gasteiger partial charge >= 0.3 is 0 Å². The van der Waals surface area contributed by atoms with E-state index in [9.17, 15) is 8.42 Å². The van der Waals surface area contributed by atoms with Crippen molar-refractivity contribution in [3.8, 4) is 5.75 Å². The molecule has 2 aromatic carbocycles. The number of aliphatic imine (C=N–C) groups is 1. The summed E-state index contributed by atoms with van der Waals surface area (Å²) in [5, 5.41) is 7.17. The predicted molar refractivity (Wildman–Crippen MR) is 132 cm³/mol. The minimum atomic E-state index is -3.53. The molecule has 2 aliphatic rings. The number of methoxy groups -OCH3 is 1. The number of hydrogen-bond donors (Lipinski definition) is 2. The summed E-state index contributed by atoms with van der Waals surface area (Å²) in [5.74, 6) is 1.77. The number of benzene rings is 2. The van der Waals surface area contributed by atoms with Crippen LogP contribution >= 0.6 is 0 Å². The van der Waals surface area contributed by atoms with Crippen molar-refractivity contribution in [2.24, 2.45) is 4.99 Å². The molecule has 0 unspecified atom stereocenters. The zero-order valence-corrected chi connectivity index (χ0v) is 20.8.